The summed E-state index contributed by atoms with van der Waals surface area (Å²) < 4.78 is 0. The summed E-state index contributed by atoms with van der Waals surface area (Å²) in [6, 6.07) is 0. The number of hydrogen-bond acceptors (Lipinski definition) is 1. The number of fused-ring (bicyclic) bond motifs is 1. The van der Waals surface area contributed by atoms with Crippen LogP contribution < -0.4 is 5.32 Å². The van der Waals surface area contributed by atoms with E-state index < -0.39 is 0 Å². The average Bonchev–Trinajstić information content (AvgIpc) is 2.34. The summed E-state index contributed by atoms with van der Waals surface area (Å²) in [6.07, 6.45) is 1.48. The van der Waals surface area contributed by atoms with Crippen molar-refractivity contribution in [2.45, 2.75) is 27.2 Å². The summed E-state index contributed by atoms with van der Waals surface area (Å²) in [4.78, 5) is 0. The zero-order valence-corrected chi connectivity index (χ0v) is 7.35. The monoisotopic (exact) mass is 141 g/mol. The first-order valence-electron chi connectivity index (χ1n) is 4.58. The summed E-state index contributed by atoms with van der Waals surface area (Å²) >= 11 is 0. The average molecular weight is 141 g/mol. The van der Waals surface area contributed by atoms with E-state index in [1.54, 1.807) is 0 Å². The highest BCUT2D eigenvalue weighted by Gasteiger charge is 2.40. The summed E-state index contributed by atoms with van der Waals surface area (Å²) in [7, 11) is 0. The largest absolute Gasteiger partial charge is 0.316 e. The smallest absolute Gasteiger partial charge is 0.00147 e. The van der Waals surface area contributed by atoms with Crippen LogP contribution in [-0.2, 0) is 0 Å². The molecule has 1 heterocycles. The van der Waals surface area contributed by atoms with Crippen molar-refractivity contribution in [3.8, 4) is 0 Å². The molecular formula is C9H19N. The van der Waals surface area contributed by atoms with Gasteiger partial charge in [0, 0.05) is 0 Å². The molecule has 0 aromatic carbocycles. The van der Waals surface area contributed by atoms with Gasteiger partial charge in [0.05, 0.1) is 0 Å². The first-order valence-corrected chi connectivity index (χ1v) is 4.58. The molecular weight excluding hydrogens is 122 g/mol. The molecule has 2 fully saturated rings. The zero-order valence-electron chi connectivity index (χ0n) is 7.35. The number of hydrogen-bond donors (Lipinski definition) is 1. The van der Waals surface area contributed by atoms with Gasteiger partial charge in [-0.05, 0) is 37.3 Å². The molecule has 3 atom stereocenters. The van der Waals surface area contributed by atoms with Crippen LogP contribution in [0.25, 0.3) is 0 Å². The normalized spacial score (nSPS) is 42.9. The third-order valence-electron chi connectivity index (χ3n) is 2.80. The van der Waals surface area contributed by atoms with Crippen LogP contribution >= 0.6 is 0 Å². The summed E-state index contributed by atoms with van der Waals surface area (Å²) in [5.41, 5.74) is 0. The lowest BCUT2D eigenvalue weighted by atomic mass is 9.68. The van der Waals surface area contributed by atoms with Crippen molar-refractivity contribution in [2.75, 3.05) is 13.1 Å². The fourth-order valence-electron chi connectivity index (χ4n) is 2.13. The SMILES string of the molecule is CC.CC1C[C@@H]2CNC[C@H]12. The van der Waals surface area contributed by atoms with Crippen molar-refractivity contribution >= 4 is 0 Å². The van der Waals surface area contributed by atoms with E-state index in [4.69, 9.17) is 0 Å². The molecule has 0 radical (unpaired) electrons. The number of rotatable bonds is 0. The van der Waals surface area contributed by atoms with Crippen molar-refractivity contribution in [1.29, 1.82) is 0 Å². The Morgan fingerprint density at radius 2 is 1.90 bits per heavy atom. The molecule has 0 aromatic heterocycles. The van der Waals surface area contributed by atoms with Crippen LogP contribution in [0.5, 0.6) is 0 Å². The van der Waals surface area contributed by atoms with E-state index in [9.17, 15) is 0 Å². The highest BCUT2D eigenvalue weighted by Crippen LogP contribution is 2.41. The van der Waals surface area contributed by atoms with Crippen LogP contribution in [0.4, 0.5) is 0 Å². The molecule has 0 spiro atoms. The standard InChI is InChI=1S/C7H13N.C2H6/c1-5-2-6-3-8-4-7(5)6;1-2/h5-8H,2-4H2,1H3;1-2H3/t5?,6-,7-;/m1./s1. The Kier molecular flexibility index (Phi) is 2.72. The molecule has 60 valence electrons. The van der Waals surface area contributed by atoms with Crippen LogP contribution in [0.2, 0.25) is 0 Å². The summed E-state index contributed by atoms with van der Waals surface area (Å²) in [6.45, 7) is 8.97. The maximum absolute atomic E-state index is 3.41. The lowest BCUT2D eigenvalue weighted by molar-refractivity contribution is 0.140. The molecule has 1 aliphatic heterocycles. The van der Waals surface area contributed by atoms with Gasteiger partial charge >= 0.3 is 0 Å². The molecule has 2 aliphatic rings. The maximum atomic E-state index is 3.41. The first-order chi connectivity index (χ1) is 4.88. The first kappa shape index (κ1) is 8.06. The van der Waals surface area contributed by atoms with Gasteiger partial charge in [0.15, 0.2) is 0 Å². The fourth-order valence-corrected chi connectivity index (χ4v) is 2.13. The minimum atomic E-state index is 1.02. The minimum Gasteiger partial charge on any atom is -0.316 e. The Bertz CT molecular complexity index is 101. The second-order valence-corrected chi connectivity index (χ2v) is 3.30. The van der Waals surface area contributed by atoms with E-state index in [2.05, 4.69) is 12.2 Å². The van der Waals surface area contributed by atoms with E-state index in [0.29, 0.717) is 0 Å². The van der Waals surface area contributed by atoms with E-state index in [1.165, 1.54) is 19.5 Å². The molecule has 1 unspecified atom stereocenters. The van der Waals surface area contributed by atoms with Gasteiger partial charge in [-0.3, -0.25) is 0 Å². The molecule has 0 aromatic rings. The molecule has 1 aliphatic carbocycles. The fraction of sp³-hybridized carbons (Fsp3) is 1.00. The van der Waals surface area contributed by atoms with Gasteiger partial charge in [0.25, 0.3) is 0 Å². The van der Waals surface area contributed by atoms with Crippen LogP contribution in [0, 0.1) is 17.8 Å². The van der Waals surface area contributed by atoms with Gasteiger partial charge in [-0.25, -0.2) is 0 Å². The molecule has 1 saturated heterocycles. The second kappa shape index (κ2) is 3.38. The topological polar surface area (TPSA) is 12.0 Å². The third-order valence-corrected chi connectivity index (χ3v) is 2.80. The lowest BCUT2D eigenvalue weighted by Gasteiger charge is -2.36. The molecule has 2 rings (SSSR count). The van der Waals surface area contributed by atoms with Crippen molar-refractivity contribution in [2.24, 2.45) is 17.8 Å². The molecule has 1 saturated carbocycles. The maximum Gasteiger partial charge on any atom is -0.00147 e. The second-order valence-electron chi connectivity index (χ2n) is 3.30. The van der Waals surface area contributed by atoms with Gasteiger partial charge in [0.2, 0.25) is 0 Å². The Morgan fingerprint density at radius 3 is 2.30 bits per heavy atom. The Labute approximate surface area is 64.2 Å². The quantitative estimate of drug-likeness (QED) is 0.543. The summed E-state index contributed by atoms with van der Waals surface area (Å²) in [5.74, 6) is 3.13. The van der Waals surface area contributed by atoms with Crippen molar-refractivity contribution in [3.05, 3.63) is 0 Å². The predicted octanol–water partition coefficient (Wildman–Crippen LogP) is 1.89. The van der Waals surface area contributed by atoms with Crippen molar-refractivity contribution in [3.63, 3.8) is 0 Å². The Morgan fingerprint density at radius 1 is 1.20 bits per heavy atom. The predicted molar refractivity (Wildman–Crippen MR) is 45.0 cm³/mol. The third kappa shape index (κ3) is 1.20. The molecule has 0 bridgehead atoms. The van der Waals surface area contributed by atoms with E-state index in [-0.39, 0.29) is 0 Å². The van der Waals surface area contributed by atoms with Crippen molar-refractivity contribution < 1.29 is 0 Å². The highest BCUT2D eigenvalue weighted by molar-refractivity contribution is 4.93. The Hall–Kier alpha value is -0.0400. The van der Waals surface area contributed by atoms with Crippen LogP contribution in [-0.4, -0.2) is 13.1 Å². The van der Waals surface area contributed by atoms with Crippen molar-refractivity contribution in [1.82, 2.24) is 5.32 Å². The van der Waals surface area contributed by atoms with Crippen LogP contribution in [0.15, 0.2) is 0 Å². The molecule has 1 N–H and O–H groups in total. The summed E-state index contributed by atoms with van der Waals surface area (Å²) in [5, 5.41) is 3.41. The highest BCUT2D eigenvalue weighted by atomic mass is 14.9. The molecule has 0 amide bonds. The molecule has 10 heavy (non-hydrogen) atoms. The van der Waals surface area contributed by atoms with Gasteiger partial charge in [-0.2, -0.15) is 0 Å². The molecule has 1 heteroatoms. The van der Waals surface area contributed by atoms with E-state index >= 15 is 0 Å². The Balaban J connectivity index is 0.000000231. The van der Waals surface area contributed by atoms with Crippen LogP contribution in [0.1, 0.15) is 27.2 Å². The van der Waals surface area contributed by atoms with Gasteiger partial charge in [-0.15, -0.1) is 0 Å². The zero-order chi connectivity index (χ0) is 7.56. The van der Waals surface area contributed by atoms with Gasteiger partial charge in [0.1, 0.15) is 0 Å². The van der Waals surface area contributed by atoms with E-state index in [0.717, 1.165) is 17.8 Å². The van der Waals surface area contributed by atoms with Crippen LogP contribution in [0.3, 0.4) is 0 Å². The molecule has 1 nitrogen and oxygen atoms in total. The minimum absolute atomic E-state index is 1.02. The number of nitrogens with one attached hydrogen (secondary N) is 1. The van der Waals surface area contributed by atoms with E-state index in [1.807, 2.05) is 13.8 Å². The van der Waals surface area contributed by atoms with Gasteiger partial charge in [-0.1, -0.05) is 20.8 Å². The lowest BCUT2D eigenvalue weighted by Crippen LogP contribution is -2.33. The van der Waals surface area contributed by atoms with Gasteiger partial charge < -0.3 is 5.32 Å².